The lowest BCUT2D eigenvalue weighted by Crippen LogP contribution is -2.48. The third kappa shape index (κ3) is 4.31. The maximum absolute atomic E-state index is 13.1. The van der Waals surface area contributed by atoms with Crippen LogP contribution in [0.2, 0.25) is 0 Å². The highest BCUT2D eigenvalue weighted by Crippen LogP contribution is 2.27. The molecule has 150 valence electrons. The lowest BCUT2D eigenvalue weighted by atomic mass is 9.97. The third-order valence-electron chi connectivity index (χ3n) is 5.95. The molecule has 4 rings (SSSR count). The van der Waals surface area contributed by atoms with Crippen LogP contribution in [0.4, 0.5) is 0 Å². The van der Waals surface area contributed by atoms with Gasteiger partial charge in [0.05, 0.1) is 10.8 Å². The number of hydrogen-bond acceptors (Lipinski definition) is 4. The normalized spacial score (nSPS) is 29.0. The van der Waals surface area contributed by atoms with Crippen LogP contribution in [-0.4, -0.2) is 61.8 Å². The third-order valence-corrected chi connectivity index (χ3v) is 7.83. The number of hydrogen-bond donors (Lipinski definition) is 1. The summed E-state index contributed by atoms with van der Waals surface area (Å²) < 4.78 is 27.3. The molecule has 1 amide bonds. The summed E-state index contributed by atoms with van der Waals surface area (Å²) in [6, 6.07) is 9.47. The minimum absolute atomic E-state index is 0. The number of fused-ring (bicyclic) bond motifs is 2. The van der Waals surface area contributed by atoms with Crippen LogP contribution in [0.1, 0.15) is 32.1 Å². The van der Waals surface area contributed by atoms with Crippen molar-refractivity contribution in [1.29, 1.82) is 0 Å². The highest BCUT2D eigenvalue weighted by Gasteiger charge is 2.37. The summed E-state index contributed by atoms with van der Waals surface area (Å²) in [5.41, 5.74) is 0. The summed E-state index contributed by atoms with van der Waals surface area (Å²) in [6.07, 6.45) is 4.85. The van der Waals surface area contributed by atoms with Crippen molar-refractivity contribution in [3.8, 4) is 0 Å². The smallest absolute Gasteiger partial charge is 0.243 e. The number of nitrogens with zero attached hydrogens (tertiary/aromatic N) is 2. The van der Waals surface area contributed by atoms with Gasteiger partial charge in [-0.1, -0.05) is 18.2 Å². The summed E-state index contributed by atoms with van der Waals surface area (Å²) in [5, 5.41) is 3.59. The van der Waals surface area contributed by atoms with Crippen molar-refractivity contribution in [2.75, 3.05) is 26.2 Å². The quantitative estimate of drug-likeness (QED) is 0.821. The largest absolute Gasteiger partial charge is 0.341 e. The first-order valence-corrected chi connectivity index (χ1v) is 11.1. The highest BCUT2D eigenvalue weighted by atomic mass is 35.5. The predicted octanol–water partition coefficient (Wildman–Crippen LogP) is 1.86. The average molecular weight is 414 g/mol. The fraction of sp³-hybridized carbons (Fsp3) is 0.632. The lowest BCUT2D eigenvalue weighted by Gasteiger charge is -2.35. The maximum Gasteiger partial charge on any atom is 0.243 e. The van der Waals surface area contributed by atoms with E-state index in [-0.39, 0.29) is 24.2 Å². The number of rotatable bonds is 3. The van der Waals surface area contributed by atoms with Crippen LogP contribution in [0.25, 0.3) is 0 Å². The molecule has 3 atom stereocenters. The Morgan fingerprint density at radius 3 is 2.48 bits per heavy atom. The van der Waals surface area contributed by atoms with Crippen LogP contribution in [0.15, 0.2) is 35.2 Å². The van der Waals surface area contributed by atoms with Crippen LogP contribution >= 0.6 is 12.4 Å². The monoisotopic (exact) mass is 413 g/mol. The van der Waals surface area contributed by atoms with Crippen molar-refractivity contribution in [3.63, 3.8) is 0 Å². The number of nitrogens with one attached hydrogen (secondary N) is 1. The first-order chi connectivity index (χ1) is 12.5. The first-order valence-electron chi connectivity index (χ1n) is 9.64. The van der Waals surface area contributed by atoms with E-state index in [2.05, 4.69) is 5.32 Å². The Bertz CT molecular complexity index is 759. The van der Waals surface area contributed by atoms with Gasteiger partial charge in [-0.15, -0.1) is 12.4 Å². The second-order valence-electron chi connectivity index (χ2n) is 7.73. The number of piperidine rings is 1. The molecule has 1 aromatic rings. The number of amides is 1. The summed E-state index contributed by atoms with van der Waals surface area (Å²) >= 11 is 0. The van der Waals surface area contributed by atoms with E-state index in [1.165, 1.54) is 10.7 Å². The average Bonchev–Trinajstić information content (AvgIpc) is 3.01. The summed E-state index contributed by atoms with van der Waals surface area (Å²) in [6.45, 7) is 2.34. The Labute approximate surface area is 167 Å². The molecule has 0 aliphatic carbocycles. The molecule has 0 saturated carbocycles. The van der Waals surface area contributed by atoms with Crippen molar-refractivity contribution in [3.05, 3.63) is 30.3 Å². The standard InChI is InChI=1S/C19H27N3O3S.ClH/c23-19(21-12-10-16-8-9-17(14-21)20-16)15-5-4-11-22(13-15)26(24,25)18-6-2-1-3-7-18;/h1-3,6-7,15-17,20H,4-5,8-14H2;1H. The SMILES string of the molecule is Cl.O=C(C1CCCN(S(=O)(=O)c2ccccc2)C1)N1CCC2CCC(C1)N2. The summed E-state index contributed by atoms with van der Waals surface area (Å²) in [4.78, 5) is 15.3. The van der Waals surface area contributed by atoms with Crippen LogP contribution in [0.3, 0.4) is 0 Å². The zero-order chi connectivity index (χ0) is 18.1. The number of benzene rings is 1. The molecule has 1 aromatic carbocycles. The molecule has 2 bridgehead atoms. The molecule has 0 radical (unpaired) electrons. The summed E-state index contributed by atoms with van der Waals surface area (Å²) in [7, 11) is -3.52. The first kappa shape index (κ1) is 20.6. The van der Waals surface area contributed by atoms with Gasteiger partial charge in [-0.3, -0.25) is 4.79 Å². The summed E-state index contributed by atoms with van der Waals surface area (Å²) in [5.74, 6) is -0.0915. The Balaban J connectivity index is 0.00000210. The Morgan fingerprint density at radius 1 is 0.963 bits per heavy atom. The van der Waals surface area contributed by atoms with Gasteiger partial charge in [0.15, 0.2) is 0 Å². The fourth-order valence-corrected chi connectivity index (χ4v) is 6.05. The molecule has 6 nitrogen and oxygen atoms in total. The molecule has 1 N–H and O–H groups in total. The molecule has 3 saturated heterocycles. The van der Waals surface area contributed by atoms with E-state index in [4.69, 9.17) is 0 Å². The molecule has 3 fully saturated rings. The van der Waals surface area contributed by atoms with E-state index in [0.29, 0.717) is 30.1 Å². The second-order valence-corrected chi connectivity index (χ2v) is 9.66. The van der Waals surface area contributed by atoms with Gasteiger partial charge >= 0.3 is 0 Å². The van der Waals surface area contributed by atoms with E-state index >= 15 is 0 Å². The van der Waals surface area contributed by atoms with Gasteiger partial charge in [-0.25, -0.2) is 8.42 Å². The van der Waals surface area contributed by atoms with Crippen molar-refractivity contribution in [2.24, 2.45) is 5.92 Å². The van der Waals surface area contributed by atoms with Gasteiger partial charge in [0.25, 0.3) is 0 Å². The molecule has 3 heterocycles. The van der Waals surface area contributed by atoms with Crippen molar-refractivity contribution in [1.82, 2.24) is 14.5 Å². The maximum atomic E-state index is 13.1. The van der Waals surface area contributed by atoms with Crippen LogP contribution < -0.4 is 5.32 Å². The van der Waals surface area contributed by atoms with E-state index < -0.39 is 10.0 Å². The van der Waals surface area contributed by atoms with E-state index in [0.717, 1.165) is 38.8 Å². The van der Waals surface area contributed by atoms with Gasteiger partial charge in [0.2, 0.25) is 15.9 Å². The molecule has 0 spiro atoms. The molecular formula is C19H28ClN3O3S. The molecular weight excluding hydrogens is 386 g/mol. The minimum Gasteiger partial charge on any atom is -0.341 e. The number of likely N-dealkylation sites (tertiary alicyclic amines) is 1. The topological polar surface area (TPSA) is 69.7 Å². The number of carbonyl (C=O) groups is 1. The highest BCUT2D eigenvalue weighted by molar-refractivity contribution is 7.89. The van der Waals surface area contributed by atoms with E-state index in [1.54, 1.807) is 24.3 Å². The Kier molecular flexibility index (Phi) is 6.46. The molecule has 8 heteroatoms. The predicted molar refractivity (Wildman–Crippen MR) is 106 cm³/mol. The number of sulfonamides is 1. The van der Waals surface area contributed by atoms with Crippen LogP contribution in [0.5, 0.6) is 0 Å². The van der Waals surface area contributed by atoms with Gasteiger partial charge in [-0.05, 0) is 44.2 Å². The van der Waals surface area contributed by atoms with Gasteiger partial charge in [0.1, 0.15) is 0 Å². The van der Waals surface area contributed by atoms with Gasteiger partial charge in [-0.2, -0.15) is 4.31 Å². The lowest BCUT2D eigenvalue weighted by molar-refractivity contribution is -0.136. The van der Waals surface area contributed by atoms with Crippen molar-refractivity contribution < 1.29 is 13.2 Å². The Hall–Kier alpha value is -1.15. The zero-order valence-corrected chi connectivity index (χ0v) is 17.1. The van der Waals surface area contributed by atoms with E-state index in [9.17, 15) is 13.2 Å². The molecule has 0 aromatic heterocycles. The molecule has 3 unspecified atom stereocenters. The number of carbonyl (C=O) groups excluding carboxylic acids is 1. The fourth-order valence-electron chi connectivity index (χ4n) is 4.51. The van der Waals surface area contributed by atoms with E-state index in [1.807, 2.05) is 11.0 Å². The Morgan fingerprint density at radius 2 is 1.70 bits per heavy atom. The number of halogens is 1. The minimum atomic E-state index is -3.52. The molecule has 27 heavy (non-hydrogen) atoms. The van der Waals surface area contributed by atoms with Crippen molar-refractivity contribution >= 4 is 28.3 Å². The molecule has 3 aliphatic heterocycles. The second kappa shape index (κ2) is 8.47. The zero-order valence-electron chi connectivity index (χ0n) is 15.4. The van der Waals surface area contributed by atoms with Gasteiger partial charge < -0.3 is 10.2 Å². The van der Waals surface area contributed by atoms with Crippen LogP contribution in [-0.2, 0) is 14.8 Å². The van der Waals surface area contributed by atoms with Gasteiger partial charge in [0, 0.05) is 38.3 Å². The van der Waals surface area contributed by atoms with Crippen molar-refractivity contribution in [2.45, 2.75) is 49.1 Å². The molecule has 3 aliphatic rings. The van der Waals surface area contributed by atoms with Crippen LogP contribution in [0, 0.1) is 5.92 Å².